The Kier molecular flexibility index (Phi) is 3.35. The highest BCUT2D eigenvalue weighted by molar-refractivity contribution is 6.31. The Morgan fingerprint density at radius 2 is 2.07 bits per heavy atom. The summed E-state index contributed by atoms with van der Waals surface area (Å²) in [5.41, 5.74) is 0.556. The van der Waals surface area contributed by atoms with Gasteiger partial charge in [-0.3, -0.25) is 0 Å². The molecule has 0 N–H and O–H groups in total. The van der Waals surface area contributed by atoms with Gasteiger partial charge in [0.25, 0.3) is 0 Å². The first-order valence-corrected chi connectivity index (χ1v) is 5.03. The summed E-state index contributed by atoms with van der Waals surface area (Å²) in [6, 6.07) is 1.52. The van der Waals surface area contributed by atoms with Gasteiger partial charge in [0.05, 0.1) is 0 Å². The van der Waals surface area contributed by atoms with Gasteiger partial charge in [-0.1, -0.05) is 11.6 Å². The minimum atomic E-state index is -0.518. The number of aryl methyl sites for hydroxylation is 1. The number of halogens is 1. The summed E-state index contributed by atoms with van der Waals surface area (Å²) in [5, 5.41) is 0.519. The van der Waals surface area contributed by atoms with Crippen LogP contribution in [0.25, 0.3) is 0 Å². The Balaban J connectivity index is 2.88. The second kappa shape index (κ2) is 4.19. The van der Waals surface area contributed by atoms with E-state index < -0.39 is 11.6 Å². The molecule has 1 aromatic heterocycles. The lowest BCUT2D eigenvalue weighted by Gasteiger charge is -2.19. The lowest BCUT2D eigenvalue weighted by molar-refractivity contribution is 0.00629. The number of ether oxygens (including phenoxy) is 1. The Morgan fingerprint density at radius 3 is 2.53 bits per heavy atom. The minimum Gasteiger partial charge on any atom is -0.455 e. The van der Waals surface area contributed by atoms with Crippen LogP contribution in [0.15, 0.2) is 12.3 Å². The number of rotatable bonds is 1. The summed E-state index contributed by atoms with van der Waals surface area (Å²) in [6.07, 6.45) is 1.56. The largest absolute Gasteiger partial charge is 0.455 e. The van der Waals surface area contributed by atoms with E-state index >= 15 is 0 Å². The van der Waals surface area contributed by atoms with Crippen molar-refractivity contribution in [2.75, 3.05) is 0 Å². The molecule has 0 fully saturated rings. The third kappa shape index (κ3) is 3.51. The van der Waals surface area contributed by atoms with Crippen molar-refractivity contribution in [2.45, 2.75) is 33.3 Å². The smallest absolute Gasteiger partial charge is 0.357 e. The number of nitrogens with zero attached hydrogens (tertiary/aromatic N) is 1. The summed E-state index contributed by atoms with van der Waals surface area (Å²) < 4.78 is 5.16. The monoisotopic (exact) mass is 227 g/mol. The third-order valence-electron chi connectivity index (χ3n) is 1.65. The van der Waals surface area contributed by atoms with E-state index in [0.29, 0.717) is 5.02 Å². The van der Waals surface area contributed by atoms with Gasteiger partial charge in [-0.2, -0.15) is 0 Å². The van der Waals surface area contributed by atoms with Crippen LogP contribution in [-0.2, 0) is 4.74 Å². The van der Waals surface area contributed by atoms with Gasteiger partial charge in [-0.15, -0.1) is 0 Å². The van der Waals surface area contributed by atoms with Crippen molar-refractivity contribution in [2.24, 2.45) is 0 Å². The molecular formula is C11H14ClNO2. The van der Waals surface area contributed by atoms with Crippen molar-refractivity contribution in [1.82, 2.24) is 4.98 Å². The molecule has 82 valence electrons. The van der Waals surface area contributed by atoms with Crippen molar-refractivity contribution in [1.29, 1.82) is 0 Å². The molecule has 0 unspecified atom stereocenters. The van der Waals surface area contributed by atoms with Gasteiger partial charge in [0.1, 0.15) is 11.3 Å². The number of pyridine rings is 1. The Morgan fingerprint density at radius 1 is 1.47 bits per heavy atom. The van der Waals surface area contributed by atoms with Crippen molar-refractivity contribution >= 4 is 17.6 Å². The van der Waals surface area contributed by atoms with Crippen LogP contribution in [0.2, 0.25) is 5.02 Å². The van der Waals surface area contributed by atoms with Gasteiger partial charge in [0.15, 0.2) is 0 Å². The fourth-order valence-electron chi connectivity index (χ4n) is 0.941. The Labute approximate surface area is 94.4 Å². The van der Waals surface area contributed by atoms with Crippen LogP contribution in [0, 0.1) is 6.92 Å². The number of esters is 1. The highest BCUT2D eigenvalue weighted by Crippen LogP contribution is 2.17. The molecule has 0 saturated heterocycles. The van der Waals surface area contributed by atoms with Gasteiger partial charge in [-0.25, -0.2) is 9.78 Å². The van der Waals surface area contributed by atoms with Crippen molar-refractivity contribution in [3.63, 3.8) is 0 Å². The van der Waals surface area contributed by atoms with E-state index in [9.17, 15) is 4.79 Å². The van der Waals surface area contributed by atoms with Crippen LogP contribution in [0.3, 0.4) is 0 Å². The van der Waals surface area contributed by atoms with E-state index in [2.05, 4.69) is 4.98 Å². The first kappa shape index (κ1) is 12.0. The van der Waals surface area contributed by atoms with Crippen LogP contribution in [0.1, 0.15) is 36.8 Å². The molecule has 15 heavy (non-hydrogen) atoms. The molecule has 0 atom stereocenters. The van der Waals surface area contributed by atoms with Gasteiger partial charge >= 0.3 is 5.97 Å². The number of carbonyl (C=O) groups excluding carboxylic acids is 1. The third-order valence-corrected chi connectivity index (χ3v) is 2.05. The van der Waals surface area contributed by atoms with Crippen molar-refractivity contribution in [3.05, 3.63) is 28.5 Å². The molecule has 0 spiro atoms. The lowest BCUT2D eigenvalue weighted by atomic mass is 10.2. The molecule has 0 aromatic carbocycles. The van der Waals surface area contributed by atoms with Gasteiger partial charge in [0, 0.05) is 11.2 Å². The number of hydrogen-bond donors (Lipinski definition) is 0. The van der Waals surface area contributed by atoms with E-state index in [1.807, 2.05) is 6.92 Å². The average Bonchev–Trinajstić information content (AvgIpc) is 2.06. The van der Waals surface area contributed by atoms with E-state index in [0.717, 1.165) is 5.56 Å². The topological polar surface area (TPSA) is 39.2 Å². The highest BCUT2D eigenvalue weighted by Gasteiger charge is 2.19. The fraction of sp³-hybridized carbons (Fsp3) is 0.455. The number of aromatic nitrogens is 1. The Bertz CT molecular complexity index is 383. The molecule has 3 nitrogen and oxygen atoms in total. The van der Waals surface area contributed by atoms with Crippen LogP contribution in [0.4, 0.5) is 0 Å². The fourth-order valence-corrected chi connectivity index (χ4v) is 1.09. The molecule has 4 heteroatoms. The van der Waals surface area contributed by atoms with E-state index in [1.54, 1.807) is 27.0 Å². The second-order valence-electron chi connectivity index (χ2n) is 4.32. The molecular weight excluding hydrogens is 214 g/mol. The van der Waals surface area contributed by atoms with Gasteiger partial charge in [-0.05, 0) is 39.3 Å². The summed E-state index contributed by atoms with van der Waals surface area (Å²) in [4.78, 5) is 15.5. The maximum absolute atomic E-state index is 11.6. The van der Waals surface area contributed by atoms with Crippen LogP contribution in [0.5, 0.6) is 0 Å². The quantitative estimate of drug-likeness (QED) is 0.693. The summed E-state index contributed by atoms with van der Waals surface area (Å²) >= 11 is 5.88. The van der Waals surface area contributed by atoms with E-state index in [1.165, 1.54) is 6.07 Å². The minimum absolute atomic E-state index is 0.237. The average molecular weight is 228 g/mol. The molecule has 1 rings (SSSR count). The van der Waals surface area contributed by atoms with Crippen LogP contribution in [-0.4, -0.2) is 16.6 Å². The molecule has 1 heterocycles. The summed E-state index contributed by atoms with van der Waals surface area (Å²) in [7, 11) is 0. The maximum atomic E-state index is 11.6. The molecule has 0 aliphatic carbocycles. The highest BCUT2D eigenvalue weighted by atomic mass is 35.5. The standard InChI is InChI=1S/C11H14ClNO2/c1-7-6-13-9(5-8(7)12)10(14)15-11(2,3)4/h5-6H,1-4H3. The SMILES string of the molecule is Cc1cnc(C(=O)OC(C)(C)C)cc1Cl. The molecule has 0 radical (unpaired) electrons. The zero-order chi connectivity index (χ0) is 11.6. The van der Waals surface area contributed by atoms with Crippen LogP contribution >= 0.6 is 11.6 Å². The van der Waals surface area contributed by atoms with E-state index in [-0.39, 0.29) is 5.69 Å². The van der Waals surface area contributed by atoms with E-state index in [4.69, 9.17) is 16.3 Å². The predicted octanol–water partition coefficient (Wildman–Crippen LogP) is 3.00. The molecule has 0 bridgehead atoms. The maximum Gasteiger partial charge on any atom is 0.357 e. The number of carbonyl (C=O) groups is 1. The summed E-state index contributed by atoms with van der Waals surface area (Å²) in [6.45, 7) is 7.25. The zero-order valence-electron chi connectivity index (χ0n) is 9.30. The summed E-state index contributed by atoms with van der Waals surface area (Å²) in [5.74, 6) is -0.454. The molecule has 0 amide bonds. The zero-order valence-corrected chi connectivity index (χ0v) is 10.1. The van der Waals surface area contributed by atoms with Gasteiger partial charge in [0.2, 0.25) is 0 Å². The molecule has 0 aliphatic rings. The number of hydrogen-bond acceptors (Lipinski definition) is 3. The lowest BCUT2D eigenvalue weighted by Crippen LogP contribution is -2.24. The molecule has 0 aliphatic heterocycles. The molecule has 1 aromatic rings. The Hall–Kier alpha value is -1.09. The van der Waals surface area contributed by atoms with Crippen molar-refractivity contribution < 1.29 is 9.53 Å². The van der Waals surface area contributed by atoms with Crippen LogP contribution < -0.4 is 0 Å². The first-order chi connectivity index (χ1) is 6.79. The first-order valence-electron chi connectivity index (χ1n) is 4.65. The van der Waals surface area contributed by atoms with Crippen molar-refractivity contribution in [3.8, 4) is 0 Å². The predicted molar refractivity (Wildman–Crippen MR) is 59.2 cm³/mol. The van der Waals surface area contributed by atoms with Gasteiger partial charge < -0.3 is 4.74 Å². The normalized spacial score (nSPS) is 11.3. The molecule has 0 saturated carbocycles. The second-order valence-corrected chi connectivity index (χ2v) is 4.73.